The molecule has 1 saturated heterocycles. The van der Waals surface area contributed by atoms with Crippen LogP contribution in [0.1, 0.15) is 93.6 Å². The lowest BCUT2D eigenvalue weighted by Gasteiger charge is -2.35. The van der Waals surface area contributed by atoms with E-state index in [1.807, 2.05) is 6.07 Å². The summed E-state index contributed by atoms with van der Waals surface area (Å²) < 4.78 is 0. The van der Waals surface area contributed by atoms with E-state index in [0.717, 1.165) is 17.9 Å². The molecular weight excluding hydrogens is 426 g/mol. The van der Waals surface area contributed by atoms with Crippen molar-refractivity contribution in [3.8, 4) is 0 Å². The molecule has 5 rings (SSSR count). The Morgan fingerprint density at radius 3 is 2.65 bits per heavy atom. The Labute approximate surface area is 203 Å². The molecule has 3 amide bonds. The molecule has 4 unspecified atom stereocenters. The van der Waals surface area contributed by atoms with Crippen molar-refractivity contribution in [3.05, 3.63) is 34.9 Å². The predicted octanol–water partition coefficient (Wildman–Crippen LogP) is 3.96. The van der Waals surface area contributed by atoms with E-state index < -0.39 is 6.04 Å². The highest BCUT2D eigenvalue weighted by Gasteiger charge is 2.40. The van der Waals surface area contributed by atoms with Gasteiger partial charge in [0.1, 0.15) is 6.04 Å². The molecule has 5 atom stereocenters. The van der Waals surface area contributed by atoms with E-state index in [2.05, 4.69) is 43.5 Å². The van der Waals surface area contributed by atoms with E-state index in [1.165, 1.54) is 44.1 Å². The van der Waals surface area contributed by atoms with Crippen molar-refractivity contribution < 1.29 is 14.4 Å². The maximum atomic E-state index is 13.0. The summed E-state index contributed by atoms with van der Waals surface area (Å²) >= 11 is 0. The highest BCUT2D eigenvalue weighted by Crippen LogP contribution is 2.43. The van der Waals surface area contributed by atoms with Crippen molar-refractivity contribution in [1.82, 2.24) is 15.5 Å². The smallest absolute Gasteiger partial charge is 0.255 e. The van der Waals surface area contributed by atoms with Crippen molar-refractivity contribution in [1.29, 1.82) is 0 Å². The zero-order valence-electron chi connectivity index (χ0n) is 20.9. The summed E-state index contributed by atoms with van der Waals surface area (Å²) in [7, 11) is 0. The molecular formula is C28H39N3O3. The average Bonchev–Trinajstić information content (AvgIpc) is 3.23. The van der Waals surface area contributed by atoms with Crippen LogP contribution in [0.15, 0.2) is 18.2 Å². The lowest BCUT2D eigenvalue weighted by Crippen LogP contribution is -2.52. The Bertz CT molecular complexity index is 987. The molecule has 0 bridgehead atoms. The minimum Gasteiger partial charge on any atom is -0.322 e. The average molecular weight is 466 g/mol. The minimum atomic E-state index is -0.550. The number of carbonyl (C=O) groups is 3. The van der Waals surface area contributed by atoms with E-state index in [0.29, 0.717) is 41.9 Å². The van der Waals surface area contributed by atoms with Crippen molar-refractivity contribution in [2.45, 2.75) is 103 Å². The molecule has 2 N–H and O–H groups in total. The fraction of sp³-hybridized carbons (Fsp3) is 0.679. The Hall–Kier alpha value is -2.21. The van der Waals surface area contributed by atoms with Gasteiger partial charge in [0, 0.05) is 30.6 Å². The molecule has 2 heterocycles. The van der Waals surface area contributed by atoms with Crippen molar-refractivity contribution >= 4 is 17.7 Å². The second kappa shape index (κ2) is 9.10. The molecule has 0 radical (unpaired) electrons. The van der Waals surface area contributed by atoms with Crippen LogP contribution in [0.2, 0.25) is 0 Å². The van der Waals surface area contributed by atoms with Crippen molar-refractivity contribution in [2.24, 2.45) is 17.3 Å². The monoisotopic (exact) mass is 465 g/mol. The first-order valence-electron chi connectivity index (χ1n) is 13.2. The number of fused-ring (bicyclic) bond motifs is 1. The maximum absolute atomic E-state index is 13.0. The molecule has 4 aliphatic rings. The largest absolute Gasteiger partial charge is 0.322 e. The van der Waals surface area contributed by atoms with Crippen molar-refractivity contribution in [3.63, 3.8) is 0 Å². The van der Waals surface area contributed by atoms with Gasteiger partial charge in [-0.3, -0.25) is 19.7 Å². The van der Waals surface area contributed by atoms with Crippen LogP contribution in [0.3, 0.4) is 0 Å². The van der Waals surface area contributed by atoms with Crippen LogP contribution in [0, 0.1) is 17.3 Å². The number of hydrogen-bond acceptors (Lipinski definition) is 4. The molecule has 1 aromatic rings. The van der Waals surface area contributed by atoms with Crippen LogP contribution < -0.4 is 10.6 Å². The first-order chi connectivity index (χ1) is 16.2. The van der Waals surface area contributed by atoms with E-state index in [9.17, 15) is 14.4 Å². The lowest BCUT2D eigenvalue weighted by atomic mass is 9.80. The fourth-order valence-corrected chi connectivity index (χ4v) is 6.82. The SMILES string of the molecule is CC1CC(NC2CCCC[C@@H]2Cc2ccc3c(c2)CN(C2CCC(=O)NC2=O)C3=O)CC1(C)C. The molecule has 6 nitrogen and oxygen atoms in total. The number of carbonyl (C=O) groups excluding carboxylic acids is 3. The molecule has 2 aliphatic carbocycles. The van der Waals surface area contributed by atoms with Crippen LogP contribution in [-0.4, -0.2) is 40.7 Å². The summed E-state index contributed by atoms with van der Waals surface area (Å²) in [5, 5.41) is 6.44. The summed E-state index contributed by atoms with van der Waals surface area (Å²) in [6.45, 7) is 7.66. The molecule has 1 aromatic carbocycles. The molecule has 3 fully saturated rings. The van der Waals surface area contributed by atoms with E-state index in [1.54, 1.807) is 4.90 Å². The van der Waals surface area contributed by atoms with Crippen LogP contribution in [-0.2, 0) is 22.6 Å². The highest BCUT2D eigenvalue weighted by atomic mass is 16.2. The zero-order chi connectivity index (χ0) is 24.0. The Morgan fingerprint density at radius 2 is 1.91 bits per heavy atom. The molecule has 184 valence electrons. The number of hydrogen-bond donors (Lipinski definition) is 2. The van der Waals surface area contributed by atoms with Crippen LogP contribution >= 0.6 is 0 Å². The number of rotatable bonds is 5. The zero-order valence-corrected chi connectivity index (χ0v) is 20.9. The van der Waals surface area contributed by atoms with Gasteiger partial charge in [-0.15, -0.1) is 0 Å². The van der Waals surface area contributed by atoms with E-state index in [4.69, 9.17) is 0 Å². The van der Waals surface area contributed by atoms with Gasteiger partial charge in [0.2, 0.25) is 11.8 Å². The Kier molecular flexibility index (Phi) is 6.30. The summed E-state index contributed by atoms with van der Waals surface area (Å²) in [5.41, 5.74) is 3.42. The fourth-order valence-electron chi connectivity index (χ4n) is 6.82. The normalized spacial score (nSPS) is 33.2. The van der Waals surface area contributed by atoms with Gasteiger partial charge in [0.05, 0.1) is 0 Å². The molecule has 6 heteroatoms. The number of imide groups is 1. The van der Waals surface area contributed by atoms with Gasteiger partial charge in [-0.05, 0) is 73.0 Å². The number of benzene rings is 1. The highest BCUT2D eigenvalue weighted by molar-refractivity contribution is 6.05. The first kappa shape index (κ1) is 23.5. The standard InChI is InChI=1S/C28H39N3O3/c1-17-12-21(15-28(17,2)3)29-23-7-5-4-6-19(23)13-18-8-9-22-20(14-18)16-31(27(22)34)24-10-11-25(32)30-26(24)33/h8-9,14,17,19,21,23-24,29H,4-7,10-13,15-16H2,1-3H3,(H,30,32,33)/t17?,19-,21?,23?,24?/m1/s1. The minimum absolute atomic E-state index is 0.0915. The molecule has 2 aliphatic heterocycles. The third-order valence-electron chi connectivity index (χ3n) is 9.19. The van der Waals surface area contributed by atoms with Gasteiger partial charge in [-0.1, -0.05) is 45.7 Å². The van der Waals surface area contributed by atoms with Gasteiger partial charge in [-0.25, -0.2) is 0 Å². The summed E-state index contributed by atoms with van der Waals surface area (Å²) in [5.74, 6) is 0.686. The predicted molar refractivity (Wildman–Crippen MR) is 131 cm³/mol. The van der Waals surface area contributed by atoms with Gasteiger partial charge in [0.15, 0.2) is 0 Å². The molecule has 2 saturated carbocycles. The van der Waals surface area contributed by atoms with Crippen molar-refractivity contribution in [2.75, 3.05) is 0 Å². The number of nitrogens with zero attached hydrogens (tertiary/aromatic N) is 1. The van der Waals surface area contributed by atoms with E-state index >= 15 is 0 Å². The summed E-state index contributed by atoms with van der Waals surface area (Å²) in [4.78, 5) is 38.5. The molecule has 0 spiro atoms. The molecule has 34 heavy (non-hydrogen) atoms. The number of amides is 3. The van der Waals surface area contributed by atoms with Crippen LogP contribution in [0.5, 0.6) is 0 Å². The van der Waals surface area contributed by atoms with Crippen LogP contribution in [0.25, 0.3) is 0 Å². The van der Waals surface area contributed by atoms with Gasteiger partial charge in [-0.2, -0.15) is 0 Å². The first-order valence-corrected chi connectivity index (χ1v) is 13.2. The van der Waals surface area contributed by atoms with Crippen LogP contribution in [0.4, 0.5) is 0 Å². The third kappa shape index (κ3) is 4.53. The van der Waals surface area contributed by atoms with Gasteiger partial charge in [0.25, 0.3) is 5.91 Å². The Balaban J connectivity index is 1.25. The van der Waals surface area contributed by atoms with Gasteiger partial charge >= 0.3 is 0 Å². The molecule has 0 aromatic heterocycles. The van der Waals surface area contributed by atoms with E-state index in [-0.39, 0.29) is 24.1 Å². The maximum Gasteiger partial charge on any atom is 0.255 e. The summed E-state index contributed by atoms with van der Waals surface area (Å²) in [6, 6.07) is 6.88. The topological polar surface area (TPSA) is 78.5 Å². The van der Waals surface area contributed by atoms with Gasteiger partial charge < -0.3 is 10.2 Å². The second-order valence-electron chi connectivity index (χ2n) is 11.9. The summed E-state index contributed by atoms with van der Waals surface area (Å²) in [6.07, 6.45) is 9.36. The second-order valence-corrected chi connectivity index (χ2v) is 11.9. The quantitative estimate of drug-likeness (QED) is 0.645. The lowest BCUT2D eigenvalue weighted by molar-refractivity contribution is -0.136. The third-order valence-corrected chi connectivity index (χ3v) is 9.19. The number of nitrogens with one attached hydrogen (secondary N) is 2. The number of piperidine rings is 1. The Morgan fingerprint density at radius 1 is 1.12 bits per heavy atom.